The van der Waals surface area contributed by atoms with Crippen molar-refractivity contribution in [3.8, 4) is 0 Å². The van der Waals surface area contributed by atoms with Crippen molar-refractivity contribution in [3.63, 3.8) is 0 Å². The van der Waals surface area contributed by atoms with Gasteiger partial charge >= 0.3 is 0 Å². The first-order chi connectivity index (χ1) is 7.83. The minimum absolute atomic E-state index is 0.598. The van der Waals surface area contributed by atoms with Gasteiger partial charge in [0.25, 0.3) is 0 Å². The number of halogens is 1. The van der Waals surface area contributed by atoms with Gasteiger partial charge in [-0.1, -0.05) is 11.6 Å². The molecule has 0 aliphatic carbocycles. The Morgan fingerprint density at radius 1 is 1.25 bits per heavy atom. The van der Waals surface area contributed by atoms with E-state index < -0.39 is 0 Å². The number of anilines is 1. The summed E-state index contributed by atoms with van der Waals surface area (Å²) in [6, 6.07) is 0. The first kappa shape index (κ1) is 10.3. The first-order valence-corrected chi connectivity index (χ1v) is 6.14. The summed E-state index contributed by atoms with van der Waals surface area (Å²) in [6.07, 6.45) is 4.58. The fraction of sp³-hybridized carbons (Fsp3) is 0.636. The van der Waals surface area contributed by atoms with Crippen LogP contribution in [0, 0.1) is 11.8 Å². The average Bonchev–Trinajstić information content (AvgIpc) is 2.77. The van der Waals surface area contributed by atoms with E-state index in [0.717, 1.165) is 37.4 Å². The summed E-state index contributed by atoms with van der Waals surface area (Å²) in [6.45, 7) is 4.44. The number of aromatic nitrogens is 2. The summed E-state index contributed by atoms with van der Waals surface area (Å²) in [5.41, 5.74) is 0. The van der Waals surface area contributed by atoms with Gasteiger partial charge in [0, 0.05) is 13.1 Å². The normalized spacial score (nSPS) is 29.2. The van der Waals surface area contributed by atoms with Crippen molar-refractivity contribution < 1.29 is 0 Å². The maximum atomic E-state index is 5.79. The summed E-state index contributed by atoms with van der Waals surface area (Å²) in [4.78, 5) is 10.8. The number of fused-ring (bicyclic) bond motifs is 1. The zero-order valence-electron chi connectivity index (χ0n) is 9.06. The third-order valence-corrected chi connectivity index (χ3v) is 3.79. The molecule has 2 aliphatic heterocycles. The number of piperidine rings is 1. The topological polar surface area (TPSA) is 41.1 Å². The van der Waals surface area contributed by atoms with Crippen LogP contribution in [0.25, 0.3) is 0 Å². The van der Waals surface area contributed by atoms with E-state index in [4.69, 9.17) is 11.6 Å². The van der Waals surface area contributed by atoms with E-state index in [1.165, 1.54) is 13.0 Å². The minimum atomic E-state index is 0.598. The van der Waals surface area contributed by atoms with Gasteiger partial charge in [-0.3, -0.25) is 0 Å². The van der Waals surface area contributed by atoms with E-state index in [0.29, 0.717) is 5.02 Å². The van der Waals surface area contributed by atoms with Crippen LogP contribution in [0.15, 0.2) is 12.4 Å². The lowest BCUT2D eigenvalue weighted by molar-refractivity contribution is 0.346. The van der Waals surface area contributed by atoms with Crippen LogP contribution in [0.1, 0.15) is 6.42 Å². The highest BCUT2D eigenvalue weighted by molar-refractivity contribution is 6.30. The Labute approximate surface area is 100 Å². The van der Waals surface area contributed by atoms with E-state index in [9.17, 15) is 0 Å². The Kier molecular flexibility index (Phi) is 2.69. The standard InChI is InChI=1S/C11H15ClN4/c12-10-5-14-11(15-6-10)16-2-1-8-3-13-4-9(8)7-16/h5-6,8-9,13H,1-4,7H2. The van der Waals surface area contributed by atoms with Crippen molar-refractivity contribution in [2.45, 2.75) is 6.42 Å². The molecule has 3 heterocycles. The largest absolute Gasteiger partial charge is 0.340 e. The number of rotatable bonds is 1. The van der Waals surface area contributed by atoms with Gasteiger partial charge in [-0.05, 0) is 31.3 Å². The smallest absolute Gasteiger partial charge is 0.225 e. The summed E-state index contributed by atoms with van der Waals surface area (Å²) < 4.78 is 0. The van der Waals surface area contributed by atoms with Crippen LogP contribution in [0.5, 0.6) is 0 Å². The van der Waals surface area contributed by atoms with Crippen molar-refractivity contribution in [2.24, 2.45) is 11.8 Å². The number of hydrogen-bond donors (Lipinski definition) is 1. The van der Waals surface area contributed by atoms with Crippen LogP contribution >= 0.6 is 11.6 Å². The third-order valence-electron chi connectivity index (χ3n) is 3.59. The molecule has 0 bridgehead atoms. The number of hydrogen-bond acceptors (Lipinski definition) is 4. The van der Waals surface area contributed by atoms with Crippen molar-refractivity contribution in [3.05, 3.63) is 17.4 Å². The summed E-state index contributed by atoms with van der Waals surface area (Å²) in [5, 5.41) is 4.06. The lowest BCUT2D eigenvalue weighted by atomic mass is 9.89. The van der Waals surface area contributed by atoms with Gasteiger partial charge in [0.15, 0.2) is 0 Å². The molecular weight excluding hydrogens is 224 g/mol. The predicted molar refractivity (Wildman–Crippen MR) is 63.7 cm³/mol. The molecule has 0 saturated carbocycles. The van der Waals surface area contributed by atoms with Crippen LogP contribution in [0.3, 0.4) is 0 Å². The van der Waals surface area contributed by atoms with Crippen molar-refractivity contribution in [2.75, 3.05) is 31.1 Å². The van der Waals surface area contributed by atoms with E-state index in [2.05, 4.69) is 20.2 Å². The van der Waals surface area contributed by atoms with Gasteiger partial charge in [0.1, 0.15) is 0 Å². The summed E-state index contributed by atoms with van der Waals surface area (Å²) >= 11 is 5.79. The highest BCUT2D eigenvalue weighted by atomic mass is 35.5. The molecule has 1 aromatic rings. The molecule has 2 atom stereocenters. The Morgan fingerprint density at radius 2 is 2.00 bits per heavy atom. The molecule has 5 heteroatoms. The molecule has 0 aromatic carbocycles. The van der Waals surface area contributed by atoms with Gasteiger partial charge in [0.2, 0.25) is 5.95 Å². The van der Waals surface area contributed by atoms with Gasteiger partial charge in [-0.25, -0.2) is 9.97 Å². The van der Waals surface area contributed by atoms with Crippen LogP contribution in [0.2, 0.25) is 5.02 Å². The van der Waals surface area contributed by atoms with Gasteiger partial charge in [-0.15, -0.1) is 0 Å². The molecule has 2 unspecified atom stereocenters. The summed E-state index contributed by atoms with van der Waals surface area (Å²) in [7, 11) is 0. The average molecular weight is 239 g/mol. The van der Waals surface area contributed by atoms with Crippen molar-refractivity contribution >= 4 is 17.5 Å². The van der Waals surface area contributed by atoms with Crippen molar-refractivity contribution in [1.82, 2.24) is 15.3 Å². The van der Waals surface area contributed by atoms with E-state index in [-0.39, 0.29) is 0 Å². The SMILES string of the molecule is Clc1cnc(N2CCC3CNCC3C2)nc1. The molecule has 0 spiro atoms. The van der Waals surface area contributed by atoms with Gasteiger partial charge in [0.05, 0.1) is 17.4 Å². The van der Waals surface area contributed by atoms with E-state index in [1.54, 1.807) is 12.4 Å². The molecule has 3 rings (SSSR count). The highest BCUT2D eigenvalue weighted by Gasteiger charge is 2.33. The molecule has 2 fully saturated rings. The molecule has 2 aliphatic rings. The van der Waals surface area contributed by atoms with Crippen LogP contribution in [-0.2, 0) is 0 Å². The maximum Gasteiger partial charge on any atom is 0.225 e. The minimum Gasteiger partial charge on any atom is -0.340 e. The Balaban J connectivity index is 1.74. The fourth-order valence-electron chi connectivity index (χ4n) is 2.69. The van der Waals surface area contributed by atoms with E-state index >= 15 is 0 Å². The molecule has 0 radical (unpaired) electrons. The van der Waals surface area contributed by atoms with Crippen LogP contribution in [0.4, 0.5) is 5.95 Å². The fourth-order valence-corrected chi connectivity index (χ4v) is 2.78. The Morgan fingerprint density at radius 3 is 2.81 bits per heavy atom. The molecule has 2 saturated heterocycles. The number of nitrogens with one attached hydrogen (secondary N) is 1. The molecule has 16 heavy (non-hydrogen) atoms. The van der Waals surface area contributed by atoms with E-state index in [1.807, 2.05) is 0 Å². The van der Waals surface area contributed by atoms with Gasteiger partial charge < -0.3 is 10.2 Å². The predicted octanol–water partition coefficient (Wildman–Crippen LogP) is 1.18. The third kappa shape index (κ3) is 1.87. The lowest BCUT2D eigenvalue weighted by Gasteiger charge is -2.34. The second kappa shape index (κ2) is 4.18. The maximum absolute atomic E-state index is 5.79. The van der Waals surface area contributed by atoms with Gasteiger partial charge in [-0.2, -0.15) is 0 Å². The zero-order chi connectivity index (χ0) is 11.0. The monoisotopic (exact) mass is 238 g/mol. The zero-order valence-corrected chi connectivity index (χ0v) is 9.82. The molecule has 86 valence electrons. The molecule has 0 amide bonds. The summed E-state index contributed by atoms with van der Waals surface area (Å²) in [5.74, 6) is 2.42. The lowest BCUT2D eigenvalue weighted by Crippen LogP contribution is -2.40. The first-order valence-electron chi connectivity index (χ1n) is 5.76. The van der Waals surface area contributed by atoms with Crippen LogP contribution in [-0.4, -0.2) is 36.1 Å². The number of nitrogens with zero attached hydrogens (tertiary/aromatic N) is 3. The highest BCUT2D eigenvalue weighted by Crippen LogP contribution is 2.28. The Hall–Kier alpha value is -0.870. The molecule has 1 N–H and O–H groups in total. The second-order valence-corrected chi connectivity index (χ2v) is 5.05. The van der Waals surface area contributed by atoms with Crippen molar-refractivity contribution in [1.29, 1.82) is 0 Å². The van der Waals surface area contributed by atoms with Crippen LogP contribution < -0.4 is 10.2 Å². The second-order valence-electron chi connectivity index (χ2n) is 4.61. The Bertz CT molecular complexity index is 367. The molecular formula is C11H15ClN4. The quantitative estimate of drug-likeness (QED) is 0.798. The molecule has 4 nitrogen and oxygen atoms in total. The molecule has 1 aromatic heterocycles.